The molecule has 0 radical (unpaired) electrons. The molecule has 1 heteroatoms. The Labute approximate surface area is 238 Å². The molecule has 0 unspecified atom stereocenters. The van der Waals surface area contributed by atoms with E-state index in [0.29, 0.717) is 0 Å². The molecule has 2 aromatic carbocycles. The van der Waals surface area contributed by atoms with Gasteiger partial charge in [0, 0.05) is 0 Å². The van der Waals surface area contributed by atoms with E-state index >= 15 is 0 Å². The first-order valence-corrected chi connectivity index (χ1v) is 17.0. The highest BCUT2D eigenvalue weighted by molar-refractivity contribution is 7.73. The van der Waals surface area contributed by atoms with E-state index in [9.17, 15) is 0 Å². The zero-order valence-electron chi connectivity index (χ0n) is 27.4. The summed E-state index contributed by atoms with van der Waals surface area (Å²) in [7, 11) is -0.395. The Balaban J connectivity index is 2.28. The molecular formula is C37H59P. The molecule has 0 aliphatic carbocycles. The maximum absolute atomic E-state index is 2.60. The van der Waals surface area contributed by atoms with Gasteiger partial charge in [-0.2, -0.15) is 0 Å². The van der Waals surface area contributed by atoms with E-state index in [4.69, 9.17) is 0 Å². The van der Waals surface area contributed by atoms with Crippen LogP contribution in [0.3, 0.4) is 0 Å². The van der Waals surface area contributed by atoms with E-state index in [1.807, 2.05) is 0 Å². The van der Waals surface area contributed by atoms with Crippen LogP contribution in [0.1, 0.15) is 162 Å². The predicted molar refractivity (Wildman–Crippen MR) is 175 cm³/mol. The first kappa shape index (κ1) is 31.4. The van der Waals surface area contributed by atoms with Gasteiger partial charge in [0.1, 0.15) is 0 Å². The fraction of sp³-hybridized carbons (Fsp3) is 0.676. The molecule has 38 heavy (non-hydrogen) atoms. The molecule has 0 spiro atoms. The van der Waals surface area contributed by atoms with Gasteiger partial charge in [0.05, 0.1) is 0 Å². The summed E-state index contributed by atoms with van der Waals surface area (Å²) < 4.78 is 0. The average Bonchev–Trinajstić information content (AvgIpc) is 2.76. The standard InChI is InChI=1S/C37H59P/c1-14-15-16-17-18-19-20-38-32-26(22-28(34(2,3)4)24-30(32)36(8,9)10)21-27-23-29(35(5,6)7)25-31(33(27)38)37(11,12)13/h22-25H,14-21H2,1-13H3. The minimum atomic E-state index is -0.395. The maximum atomic E-state index is 2.60. The fourth-order valence-electron chi connectivity index (χ4n) is 5.90. The summed E-state index contributed by atoms with van der Waals surface area (Å²) in [6.45, 7) is 31.3. The van der Waals surface area contributed by atoms with Crippen molar-refractivity contribution >= 4 is 18.5 Å². The first-order valence-electron chi connectivity index (χ1n) is 15.5. The topological polar surface area (TPSA) is 0 Å². The molecule has 2 aromatic rings. The highest BCUT2D eigenvalue weighted by atomic mass is 31.1. The predicted octanol–water partition coefficient (Wildman–Crippen LogP) is 10.6. The van der Waals surface area contributed by atoms with Crippen LogP contribution in [0.4, 0.5) is 0 Å². The zero-order chi connectivity index (χ0) is 28.7. The van der Waals surface area contributed by atoms with Crippen LogP contribution in [0.25, 0.3) is 0 Å². The Morgan fingerprint density at radius 2 is 0.921 bits per heavy atom. The fourth-order valence-corrected chi connectivity index (χ4v) is 9.47. The third kappa shape index (κ3) is 7.14. The normalized spacial score (nSPS) is 15.0. The second kappa shape index (κ2) is 11.4. The van der Waals surface area contributed by atoms with Crippen molar-refractivity contribution in [3.8, 4) is 0 Å². The largest absolute Gasteiger partial charge is 0.0654 e. The summed E-state index contributed by atoms with van der Waals surface area (Å²) in [5, 5.41) is 3.46. The lowest BCUT2D eigenvalue weighted by atomic mass is 9.77. The Bertz CT molecular complexity index is 1020. The van der Waals surface area contributed by atoms with E-state index in [1.165, 1.54) is 55.8 Å². The molecule has 0 fully saturated rings. The van der Waals surface area contributed by atoms with Crippen molar-refractivity contribution < 1.29 is 0 Å². The van der Waals surface area contributed by atoms with Crippen LogP contribution in [0.2, 0.25) is 0 Å². The molecule has 3 rings (SSSR count). The summed E-state index contributed by atoms with van der Waals surface area (Å²) >= 11 is 0. The van der Waals surface area contributed by atoms with Crippen LogP contribution >= 0.6 is 7.92 Å². The minimum Gasteiger partial charge on any atom is -0.0654 e. The minimum absolute atomic E-state index is 0.137. The summed E-state index contributed by atoms with van der Waals surface area (Å²) in [5.41, 5.74) is 10.1. The van der Waals surface area contributed by atoms with Crippen LogP contribution < -0.4 is 10.6 Å². The van der Waals surface area contributed by atoms with E-state index in [-0.39, 0.29) is 21.7 Å². The smallest absolute Gasteiger partial charge is 0.00125 e. The van der Waals surface area contributed by atoms with Crippen LogP contribution in [0.5, 0.6) is 0 Å². The number of benzene rings is 2. The quantitative estimate of drug-likeness (QED) is 0.245. The second-order valence-corrected chi connectivity index (χ2v) is 18.4. The van der Waals surface area contributed by atoms with E-state index in [0.717, 1.165) is 6.42 Å². The molecule has 1 aliphatic heterocycles. The lowest BCUT2D eigenvalue weighted by molar-refractivity contribution is 0.568. The van der Waals surface area contributed by atoms with Gasteiger partial charge >= 0.3 is 0 Å². The Hall–Kier alpha value is -1.13. The number of unbranched alkanes of at least 4 members (excludes halogenated alkanes) is 5. The maximum Gasteiger partial charge on any atom is -0.00125 e. The van der Waals surface area contributed by atoms with Gasteiger partial charge in [0.25, 0.3) is 0 Å². The number of hydrogen-bond acceptors (Lipinski definition) is 0. The van der Waals surface area contributed by atoms with Crippen molar-refractivity contribution in [3.63, 3.8) is 0 Å². The van der Waals surface area contributed by atoms with Gasteiger partial charge in [0.2, 0.25) is 0 Å². The second-order valence-electron chi connectivity index (χ2n) is 16.2. The van der Waals surface area contributed by atoms with Crippen molar-refractivity contribution in [2.24, 2.45) is 0 Å². The van der Waals surface area contributed by atoms with Gasteiger partial charge in [0.15, 0.2) is 0 Å². The molecule has 0 saturated carbocycles. The number of rotatable bonds is 7. The molecule has 1 aliphatic rings. The van der Waals surface area contributed by atoms with Crippen LogP contribution in [0.15, 0.2) is 24.3 Å². The highest BCUT2D eigenvalue weighted by Crippen LogP contribution is 2.49. The first-order chi connectivity index (χ1) is 17.4. The highest BCUT2D eigenvalue weighted by Gasteiger charge is 2.37. The summed E-state index contributed by atoms with van der Waals surface area (Å²) in [4.78, 5) is 0. The average molecular weight is 535 g/mol. The van der Waals surface area contributed by atoms with E-state index < -0.39 is 7.92 Å². The number of fused-ring (bicyclic) bond motifs is 2. The lowest BCUT2D eigenvalue weighted by Gasteiger charge is -2.40. The Morgan fingerprint density at radius 1 is 0.526 bits per heavy atom. The summed E-state index contributed by atoms with van der Waals surface area (Å²) in [6, 6.07) is 10.4. The van der Waals surface area contributed by atoms with Crippen LogP contribution in [0, 0.1) is 0 Å². The molecule has 0 N–H and O–H groups in total. The van der Waals surface area contributed by atoms with Crippen molar-refractivity contribution in [2.45, 2.75) is 157 Å². The van der Waals surface area contributed by atoms with Crippen LogP contribution in [-0.2, 0) is 28.1 Å². The molecule has 1 heterocycles. The monoisotopic (exact) mass is 534 g/mol. The molecule has 0 saturated heterocycles. The lowest BCUT2D eigenvalue weighted by Crippen LogP contribution is -2.38. The molecule has 0 amide bonds. The SMILES string of the molecule is CCCCCCCCP1c2c(cc(C(C)(C)C)cc2C(C)(C)C)Cc2cc(C(C)(C)C)cc(C(C)(C)C)c21. The molecule has 0 bridgehead atoms. The summed E-state index contributed by atoms with van der Waals surface area (Å²) in [6.07, 6.45) is 10.6. The van der Waals surface area contributed by atoms with Crippen molar-refractivity contribution in [3.05, 3.63) is 57.6 Å². The van der Waals surface area contributed by atoms with Gasteiger partial charge in [-0.25, -0.2) is 0 Å². The van der Waals surface area contributed by atoms with Gasteiger partial charge < -0.3 is 0 Å². The van der Waals surface area contributed by atoms with Crippen molar-refractivity contribution in [2.75, 3.05) is 6.16 Å². The van der Waals surface area contributed by atoms with Crippen LogP contribution in [-0.4, -0.2) is 6.16 Å². The van der Waals surface area contributed by atoms with E-state index in [2.05, 4.69) is 114 Å². The molecule has 212 valence electrons. The third-order valence-electron chi connectivity index (χ3n) is 8.38. The van der Waals surface area contributed by atoms with Crippen molar-refractivity contribution in [1.82, 2.24) is 0 Å². The van der Waals surface area contributed by atoms with E-state index in [1.54, 1.807) is 32.9 Å². The summed E-state index contributed by atoms with van der Waals surface area (Å²) in [5.74, 6) is 0. The van der Waals surface area contributed by atoms with Gasteiger partial charge in [-0.05, 0) is 92.6 Å². The van der Waals surface area contributed by atoms with Crippen molar-refractivity contribution in [1.29, 1.82) is 0 Å². The Kier molecular flexibility index (Phi) is 9.41. The molecule has 0 atom stereocenters. The zero-order valence-corrected chi connectivity index (χ0v) is 28.3. The third-order valence-corrected chi connectivity index (χ3v) is 11.3. The van der Waals surface area contributed by atoms with Gasteiger partial charge in [-0.1, -0.05) is 146 Å². The molecular weight excluding hydrogens is 475 g/mol. The molecule has 0 nitrogen and oxygen atoms in total. The Morgan fingerprint density at radius 3 is 1.29 bits per heavy atom. The van der Waals surface area contributed by atoms with Gasteiger partial charge in [-0.3, -0.25) is 0 Å². The number of hydrogen-bond donors (Lipinski definition) is 0. The molecule has 0 aromatic heterocycles. The van der Waals surface area contributed by atoms with Gasteiger partial charge in [-0.15, -0.1) is 0 Å².